The fourth-order valence-electron chi connectivity index (χ4n) is 1.40. The minimum Gasteiger partial charge on any atom is -0.327 e. The van der Waals surface area contributed by atoms with Gasteiger partial charge in [-0.05, 0) is 12.5 Å². The normalized spacial score (nSPS) is 13.6. The Balaban J connectivity index is 2.87. The summed E-state index contributed by atoms with van der Waals surface area (Å²) in [7, 11) is -3.52. The standard InChI is InChI=1S/C11H15F2NO2S/c1-2-9(14)7-17(15,16)6-8-4-3-5-10(12)11(8)13/h3-5,9H,2,6-7,14H2,1H3. The van der Waals surface area contributed by atoms with Gasteiger partial charge in [-0.2, -0.15) is 0 Å². The highest BCUT2D eigenvalue weighted by atomic mass is 32.2. The van der Waals surface area contributed by atoms with Crippen molar-refractivity contribution in [3.8, 4) is 0 Å². The minimum atomic E-state index is -3.52. The van der Waals surface area contributed by atoms with Crippen LogP contribution < -0.4 is 5.73 Å². The molecule has 1 unspecified atom stereocenters. The Morgan fingerprint density at radius 3 is 2.59 bits per heavy atom. The molecule has 17 heavy (non-hydrogen) atoms. The van der Waals surface area contributed by atoms with E-state index in [2.05, 4.69) is 0 Å². The van der Waals surface area contributed by atoms with Crippen LogP contribution in [0.2, 0.25) is 0 Å². The van der Waals surface area contributed by atoms with Crippen molar-refractivity contribution in [1.82, 2.24) is 0 Å². The molecule has 0 aliphatic rings. The maximum absolute atomic E-state index is 13.3. The Hall–Kier alpha value is -1.01. The van der Waals surface area contributed by atoms with Crippen LogP contribution >= 0.6 is 0 Å². The number of rotatable bonds is 5. The van der Waals surface area contributed by atoms with E-state index in [1.54, 1.807) is 6.92 Å². The van der Waals surface area contributed by atoms with Crippen LogP contribution in [0.3, 0.4) is 0 Å². The third-order valence-corrected chi connectivity index (χ3v) is 4.09. The van der Waals surface area contributed by atoms with Crippen LogP contribution in [-0.4, -0.2) is 20.2 Å². The van der Waals surface area contributed by atoms with Crippen molar-refractivity contribution < 1.29 is 17.2 Å². The summed E-state index contributed by atoms with van der Waals surface area (Å²) in [6.07, 6.45) is 0.519. The van der Waals surface area contributed by atoms with Crippen LogP contribution in [0.1, 0.15) is 18.9 Å². The number of halogens is 2. The third-order valence-electron chi connectivity index (χ3n) is 2.40. The van der Waals surface area contributed by atoms with Gasteiger partial charge in [0.15, 0.2) is 21.5 Å². The summed E-state index contributed by atoms with van der Waals surface area (Å²) < 4.78 is 49.5. The lowest BCUT2D eigenvalue weighted by Gasteiger charge is -2.10. The molecule has 0 aliphatic carbocycles. The van der Waals surface area contributed by atoms with Crippen LogP contribution in [0, 0.1) is 11.6 Å². The van der Waals surface area contributed by atoms with Crippen molar-refractivity contribution in [2.75, 3.05) is 5.75 Å². The van der Waals surface area contributed by atoms with Gasteiger partial charge in [0.1, 0.15) is 0 Å². The summed E-state index contributed by atoms with van der Waals surface area (Å²) in [6, 6.07) is 3.01. The van der Waals surface area contributed by atoms with E-state index in [1.165, 1.54) is 12.1 Å². The molecular formula is C11H15F2NO2S. The fourth-order valence-corrected chi connectivity index (χ4v) is 3.10. The first kappa shape index (κ1) is 14.1. The number of nitrogens with two attached hydrogens (primary N) is 1. The van der Waals surface area contributed by atoms with Gasteiger partial charge in [0.2, 0.25) is 0 Å². The van der Waals surface area contributed by atoms with E-state index in [4.69, 9.17) is 5.73 Å². The van der Waals surface area contributed by atoms with Gasteiger partial charge in [0.05, 0.1) is 11.5 Å². The molecule has 0 radical (unpaired) electrons. The second kappa shape index (κ2) is 5.55. The van der Waals surface area contributed by atoms with Crippen molar-refractivity contribution in [3.63, 3.8) is 0 Å². The predicted octanol–water partition coefficient (Wildman–Crippen LogP) is 1.62. The highest BCUT2D eigenvalue weighted by Crippen LogP contribution is 2.15. The molecule has 2 N–H and O–H groups in total. The van der Waals surface area contributed by atoms with E-state index in [0.717, 1.165) is 6.07 Å². The molecule has 6 heteroatoms. The second-order valence-electron chi connectivity index (χ2n) is 3.94. The maximum Gasteiger partial charge on any atom is 0.163 e. The Bertz CT molecular complexity index is 488. The molecule has 96 valence electrons. The first-order chi connectivity index (χ1) is 7.85. The molecule has 0 spiro atoms. The van der Waals surface area contributed by atoms with Crippen LogP contribution in [0.4, 0.5) is 8.78 Å². The molecule has 1 atom stereocenters. The number of hydrogen-bond donors (Lipinski definition) is 1. The number of hydrogen-bond acceptors (Lipinski definition) is 3. The van der Waals surface area contributed by atoms with Crippen LogP contribution in [0.5, 0.6) is 0 Å². The monoisotopic (exact) mass is 263 g/mol. The van der Waals surface area contributed by atoms with E-state index in [-0.39, 0.29) is 11.3 Å². The molecule has 0 fully saturated rings. The third kappa shape index (κ3) is 4.05. The Morgan fingerprint density at radius 1 is 1.35 bits per heavy atom. The highest BCUT2D eigenvalue weighted by Gasteiger charge is 2.19. The molecule has 3 nitrogen and oxygen atoms in total. The highest BCUT2D eigenvalue weighted by molar-refractivity contribution is 7.90. The second-order valence-corrected chi connectivity index (χ2v) is 6.04. The molecule has 0 aliphatic heterocycles. The Labute approximate surface area is 99.6 Å². The van der Waals surface area contributed by atoms with Crippen LogP contribution in [-0.2, 0) is 15.6 Å². The summed E-state index contributed by atoms with van der Waals surface area (Å²) in [5.41, 5.74) is 5.37. The van der Waals surface area contributed by atoms with Crippen molar-refractivity contribution in [3.05, 3.63) is 35.4 Å². The molecule has 1 aromatic carbocycles. The average Bonchev–Trinajstić information content (AvgIpc) is 2.23. The van der Waals surface area contributed by atoms with E-state index < -0.39 is 33.3 Å². The number of sulfone groups is 1. The van der Waals surface area contributed by atoms with Gasteiger partial charge in [-0.25, -0.2) is 17.2 Å². The quantitative estimate of drug-likeness (QED) is 0.878. The zero-order valence-corrected chi connectivity index (χ0v) is 10.3. The largest absolute Gasteiger partial charge is 0.327 e. The van der Waals surface area contributed by atoms with Gasteiger partial charge in [-0.15, -0.1) is 0 Å². The van der Waals surface area contributed by atoms with Gasteiger partial charge in [-0.3, -0.25) is 0 Å². The summed E-state index contributed by atoms with van der Waals surface area (Å²) >= 11 is 0. The van der Waals surface area contributed by atoms with Crippen molar-refractivity contribution >= 4 is 9.84 Å². The Morgan fingerprint density at radius 2 is 2.00 bits per heavy atom. The topological polar surface area (TPSA) is 60.2 Å². The van der Waals surface area contributed by atoms with Crippen molar-refractivity contribution in [2.45, 2.75) is 25.1 Å². The molecule has 0 amide bonds. The smallest absolute Gasteiger partial charge is 0.163 e. The molecule has 0 saturated heterocycles. The number of benzene rings is 1. The average molecular weight is 263 g/mol. The zero-order chi connectivity index (χ0) is 13.1. The van der Waals surface area contributed by atoms with Gasteiger partial charge < -0.3 is 5.73 Å². The lowest BCUT2D eigenvalue weighted by Crippen LogP contribution is -2.29. The van der Waals surface area contributed by atoms with E-state index in [0.29, 0.717) is 6.42 Å². The van der Waals surface area contributed by atoms with Gasteiger partial charge in [0, 0.05) is 11.6 Å². The minimum absolute atomic E-state index is 0.159. The first-order valence-corrected chi connectivity index (χ1v) is 7.06. The van der Waals surface area contributed by atoms with Gasteiger partial charge in [0.25, 0.3) is 0 Å². The molecule has 0 bridgehead atoms. The molecule has 0 saturated carbocycles. The Kier molecular flexibility index (Phi) is 4.59. The van der Waals surface area contributed by atoms with Gasteiger partial charge in [-0.1, -0.05) is 19.1 Å². The van der Waals surface area contributed by atoms with E-state index in [9.17, 15) is 17.2 Å². The van der Waals surface area contributed by atoms with Gasteiger partial charge >= 0.3 is 0 Å². The zero-order valence-electron chi connectivity index (χ0n) is 9.49. The van der Waals surface area contributed by atoms with Crippen molar-refractivity contribution in [1.29, 1.82) is 0 Å². The summed E-state index contributed by atoms with van der Waals surface area (Å²) in [5, 5.41) is 0. The summed E-state index contributed by atoms with van der Waals surface area (Å²) in [5.74, 6) is -2.90. The van der Waals surface area contributed by atoms with E-state index in [1.807, 2.05) is 0 Å². The van der Waals surface area contributed by atoms with Crippen LogP contribution in [0.25, 0.3) is 0 Å². The molecule has 0 heterocycles. The summed E-state index contributed by atoms with van der Waals surface area (Å²) in [4.78, 5) is 0. The van der Waals surface area contributed by atoms with Crippen molar-refractivity contribution in [2.24, 2.45) is 5.73 Å². The fraction of sp³-hybridized carbons (Fsp3) is 0.455. The van der Waals surface area contributed by atoms with Crippen LogP contribution in [0.15, 0.2) is 18.2 Å². The molecule has 1 rings (SSSR count). The molecule has 0 aromatic heterocycles. The predicted molar refractivity (Wildman–Crippen MR) is 62.1 cm³/mol. The SMILES string of the molecule is CCC(N)CS(=O)(=O)Cc1cccc(F)c1F. The maximum atomic E-state index is 13.3. The van der Waals surface area contributed by atoms with E-state index >= 15 is 0 Å². The first-order valence-electron chi connectivity index (χ1n) is 5.24. The molecular weight excluding hydrogens is 248 g/mol. The lowest BCUT2D eigenvalue weighted by molar-refractivity contribution is 0.501. The summed E-state index contributed by atoms with van der Waals surface area (Å²) in [6.45, 7) is 1.77. The lowest BCUT2D eigenvalue weighted by atomic mass is 10.2. The molecule has 1 aromatic rings.